The van der Waals surface area contributed by atoms with Gasteiger partial charge in [0.1, 0.15) is 0 Å². The zero-order valence-corrected chi connectivity index (χ0v) is 12.0. The number of hydrogen-bond donors (Lipinski definition) is 2. The first kappa shape index (κ1) is 14.0. The summed E-state index contributed by atoms with van der Waals surface area (Å²) in [5, 5.41) is 12.1. The highest BCUT2D eigenvalue weighted by Crippen LogP contribution is 2.20. The fourth-order valence-electron chi connectivity index (χ4n) is 1.92. The molecule has 0 aliphatic carbocycles. The van der Waals surface area contributed by atoms with Crippen molar-refractivity contribution in [3.8, 4) is 0 Å². The average molecular weight is 278 g/mol. The number of benzene rings is 1. The maximum absolute atomic E-state index is 12.3. The van der Waals surface area contributed by atoms with Crippen LogP contribution in [-0.4, -0.2) is 28.1 Å². The van der Waals surface area contributed by atoms with E-state index in [4.69, 9.17) is 5.11 Å². The summed E-state index contributed by atoms with van der Waals surface area (Å²) in [4.78, 5) is 16.4. The van der Waals surface area contributed by atoms with Crippen molar-refractivity contribution in [2.24, 2.45) is 0 Å². The molecule has 102 valence electrons. The third-order valence-corrected chi connectivity index (χ3v) is 4.24. The number of aromatic nitrogens is 1. The number of rotatable bonds is 5. The van der Waals surface area contributed by atoms with Crippen LogP contribution >= 0.6 is 11.3 Å². The predicted octanol–water partition coefficient (Wildman–Crippen LogP) is 2.58. The van der Waals surface area contributed by atoms with Gasteiger partial charge in [-0.05, 0) is 38.0 Å². The molecule has 1 atom stereocenters. The van der Waals surface area contributed by atoms with E-state index in [1.54, 1.807) is 11.6 Å². The fourth-order valence-corrected chi connectivity index (χ4v) is 2.63. The van der Waals surface area contributed by atoms with Gasteiger partial charge in [0.2, 0.25) is 0 Å². The molecule has 19 heavy (non-hydrogen) atoms. The zero-order chi connectivity index (χ0) is 13.9. The van der Waals surface area contributed by atoms with E-state index in [0.29, 0.717) is 12.0 Å². The average Bonchev–Trinajstić information content (AvgIpc) is 2.86. The third-order valence-electron chi connectivity index (χ3n) is 3.45. The SMILES string of the molecule is CCC(C)(CCO)NC(=O)c1ccc2ncsc2c1. The van der Waals surface area contributed by atoms with Crippen LogP contribution in [0.25, 0.3) is 10.2 Å². The number of amides is 1. The van der Waals surface area contributed by atoms with Crippen LogP contribution in [0.4, 0.5) is 0 Å². The number of nitrogens with zero attached hydrogens (tertiary/aromatic N) is 1. The maximum Gasteiger partial charge on any atom is 0.251 e. The smallest absolute Gasteiger partial charge is 0.251 e. The van der Waals surface area contributed by atoms with Crippen LogP contribution in [0.3, 0.4) is 0 Å². The second-order valence-electron chi connectivity index (χ2n) is 4.88. The summed E-state index contributed by atoms with van der Waals surface area (Å²) in [7, 11) is 0. The lowest BCUT2D eigenvalue weighted by atomic mass is 9.94. The number of nitrogens with one attached hydrogen (secondary N) is 1. The van der Waals surface area contributed by atoms with Gasteiger partial charge in [-0.15, -0.1) is 11.3 Å². The van der Waals surface area contributed by atoms with Gasteiger partial charge in [0, 0.05) is 17.7 Å². The van der Waals surface area contributed by atoms with Crippen LogP contribution in [0.2, 0.25) is 0 Å². The molecule has 0 aliphatic rings. The van der Waals surface area contributed by atoms with Gasteiger partial charge in [-0.3, -0.25) is 4.79 Å². The lowest BCUT2D eigenvalue weighted by Crippen LogP contribution is -2.46. The molecular formula is C14H18N2O2S. The summed E-state index contributed by atoms with van der Waals surface area (Å²) >= 11 is 1.52. The quantitative estimate of drug-likeness (QED) is 0.883. The molecule has 0 bridgehead atoms. The van der Waals surface area contributed by atoms with Crippen molar-refractivity contribution in [3.63, 3.8) is 0 Å². The van der Waals surface area contributed by atoms with E-state index < -0.39 is 0 Å². The molecule has 0 aliphatic heterocycles. The molecule has 1 heterocycles. The van der Waals surface area contributed by atoms with Gasteiger partial charge in [0.05, 0.1) is 15.7 Å². The Kier molecular flexibility index (Phi) is 4.17. The Morgan fingerprint density at radius 2 is 2.32 bits per heavy atom. The molecule has 0 saturated heterocycles. The second-order valence-corrected chi connectivity index (χ2v) is 5.76. The van der Waals surface area contributed by atoms with Gasteiger partial charge < -0.3 is 10.4 Å². The lowest BCUT2D eigenvalue weighted by molar-refractivity contribution is 0.0886. The Bertz CT molecular complexity index is 582. The Morgan fingerprint density at radius 3 is 3.00 bits per heavy atom. The highest BCUT2D eigenvalue weighted by Gasteiger charge is 2.24. The molecule has 4 nitrogen and oxygen atoms in total. The minimum absolute atomic E-state index is 0.0680. The van der Waals surface area contributed by atoms with Crippen molar-refractivity contribution in [1.29, 1.82) is 0 Å². The Hall–Kier alpha value is -1.46. The van der Waals surface area contributed by atoms with E-state index in [2.05, 4.69) is 10.3 Å². The maximum atomic E-state index is 12.3. The first-order valence-corrected chi connectivity index (χ1v) is 7.22. The first-order chi connectivity index (χ1) is 9.08. The van der Waals surface area contributed by atoms with Crippen LogP contribution in [-0.2, 0) is 0 Å². The van der Waals surface area contributed by atoms with Crippen LogP contribution < -0.4 is 5.32 Å². The van der Waals surface area contributed by atoms with E-state index in [1.807, 2.05) is 26.0 Å². The zero-order valence-electron chi connectivity index (χ0n) is 11.1. The van der Waals surface area contributed by atoms with Gasteiger partial charge in [-0.2, -0.15) is 0 Å². The molecule has 1 aromatic heterocycles. The molecule has 1 unspecified atom stereocenters. The van der Waals surface area contributed by atoms with Crippen LogP contribution in [0.1, 0.15) is 37.0 Å². The minimum Gasteiger partial charge on any atom is -0.396 e. The summed E-state index contributed by atoms with van der Waals surface area (Å²) in [6.07, 6.45) is 1.33. The monoisotopic (exact) mass is 278 g/mol. The van der Waals surface area contributed by atoms with Gasteiger partial charge in [0.15, 0.2) is 0 Å². The number of aliphatic hydroxyl groups excluding tert-OH is 1. The van der Waals surface area contributed by atoms with E-state index in [9.17, 15) is 4.79 Å². The van der Waals surface area contributed by atoms with Gasteiger partial charge in [-0.1, -0.05) is 6.92 Å². The Balaban J connectivity index is 2.18. The van der Waals surface area contributed by atoms with E-state index in [1.165, 1.54) is 11.3 Å². The molecule has 2 aromatic rings. The second kappa shape index (κ2) is 5.67. The van der Waals surface area contributed by atoms with Crippen molar-refractivity contribution < 1.29 is 9.90 Å². The Labute approximate surface area is 116 Å². The summed E-state index contributed by atoms with van der Waals surface area (Å²) in [6, 6.07) is 5.50. The largest absolute Gasteiger partial charge is 0.396 e. The number of thiazole rings is 1. The summed E-state index contributed by atoms with van der Waals surface area (Å²) in [5.41, 5.74) is 2.95. The van der Waals surface area contributed by atoms with Crippen molar-refractivity contribution >= 4 is 27.5 Å². The standard InChI is InChI=1S/C14H18N2O2S/c1-3-14(2,6-7-17)16-13(18)10-4-5-11-12(8-10)19-9-15-11/h4-5,8-9,17H,3,6-7H2,1-2H3,(H,16,18). The number of aliphatic hydroxyl groups is 1. The van der Waals surface area contributed by atoms with E-state index >= 15 is 0 Å². The van der Waals surface area contributed by atoms with Gasteiger partial charge >= 0.3 is 0 Å². The number of carbonyl (C=O) groups is 1. The minimum atomic E-state index is -0.367. The number of fused-ring (bicyclic) bond motifs is 1. The van der Waals surface area contributed by atoms with E-state index in [0.717, 1.165) is 16.6 Å². The summed E-state index contributed by atoms with van der Waals surface area (Å²) in [6.45, 7) is 4.02. The van der Waals surface area contributed by atoms with Crippen LogP contribution in [0.15, 0.2) is 23.7 Å². The summed E-state index contributed by atoms with van der Waals surface area (Å²) < 4.78 is 1.01. The lowest BCUT2D eigenvalue weighted by Gasteiger charge is -2.29. The molecule has 2 N–H and O–H groups in total. The van der Waals surface area contributed by atoms with Crippen LogP contribution in [0.5, 0.6) is 0 Å². The molecule has 0 radical (unpaired) electrons. The van der Waals surface area contributed by atoms with Gasteiger partial charge in [-0.25, -0.2) is 4.98 Å². The van der Waals surface area contributed by atoms with Crippen molar-refractivity contribution in [2.45, 2.75) is 32.2 Å². The highest BCUT2D eigenvalue weighted by atomic mass is 32.1. The van der Waals surface area contributed by atoms with Crippen molar-refractivity contribution in [2.75, 3.05) is 6.61 Å². The number of carbonyl (C=O) groups excluding carboxylic acids is 1. The normalized spacial score (nSPS) is 14.3. The predicted molar refractivity (Wildman–Crippen MR) is 77.5 cm³/mol. The molecular weight excluding hydrogens is 260 g/mol. The molecule has 0 saturated carbocycles. The number of hydrogen-bond acceptors (Lipinski definition) is 4. The topological polar surface area (TPSA) is 62.2 Å². The van der Waals surface area contributed by atoms with Gasteiger partial charge in [0.25, 0.3) is 5.91 Å². The molecule has 0 spiro atoms. The first-order valence-electron chi connectivity index (χ1n) is 6.34. The van der Waals surface area contributed by atoms with Crippen LogP contribution in [0, 0.1) is 0 Å². The molecule has 5 heteroatoms. The van der Waals surface area contributed by atoms with Crippen molar-refractivity contribution in [3.05, 3.63) is 29.3 Å². The van der Waals surface area contributed by atoms with E-state index in [-0.39, 0.29) is 18.1 Å². The van der Waals surface area contributed by atoms with Crippen molar-refractivity contribution in [1.82, 2.24) is 10.3 Å². The fraction of sp³-hybridized carbons (Fsp3) is 0.429. The molecule has 1 aromatic carbocycles. The highest BCUT2D eigenvalue weighted by molar-refractivity contribution is 7.16. The summed E-state index contributed by atoms with van der Waals surface area (Å²) in [5.74, 6) is -0.104. The molecule has 1 amide bonds. The molecule has 2 rings (SSSR count). The third kappa shape index (κ3) is 3.11. The molecule has 0 fully saturated rings. The Morgan fingerprint density at radius 1 is 1.53 bits per heavy atom.